The van der Waals surface area contributed by atoms with Crippen LogP contribution in [0.25, 0.3) is 0 Å². The summed E-state index contributed by atoms with van der Waals surface area (Å²) < 4.78 is 0. The number of anilines is 1. The third-order valence-corrected chi connectivity index (χ3v) is 2.92. The van der Waals surface area contributed by atoms with Gasteiger partial charge in [0.1, 0.15) is 0 Å². The fourth-order valence-corrected chi connectivity index (χ4v) is 2.16. The molecule has 0 radical (unpaired) electrons. The molecule has 0 aliphatic rings. The summed E-state index contributed by atoms with van der Waals surface area (Å²) in [5.41, 5.74) is 1.73. The highest BCUT2D eigenvalue weighted by atomic mass is 35.5. The average Bonchev–Trinajstić information content (AvgIpc) is 2.34. The van der Waals surface area contributed by atoms with Gasteiger partial charge in [0.2, 0.25) is 0 Å². The van der Waals surface area contributed by atoms with Crippen molar-refractivity contribution in [2.24, 2.45) is 5.92 Å². The molecule has 0 atom stereocenters. The Hall–Kier alpha value is -1.24. The molecule has 0 heterocycles. The third kappa shape index (κ3) is 4.21. The van der Waals surface area contributed by atoms with Gasteiger partial charge >= 0.3 is 0 Å². The summed E-state index contributed by atoms with van der Waals surface area (Å²) in [5, 5.41) is 18.4. The van der Waals surface area contributed by atoms with Gasteiger partial charge in [0.25, 0.3) is 0 Å². The minimum absolute atomic E-state index is 0.0115. The number of aliphatic hydroxyl groups is 1. The van der Waals surface area contributed by atoms with Gasteiger partial charge in [-0.25, -0.2) is 0 Å². The first-order valence-corrected chi connectivity index (χ1v) is 6.47. The van der Waals surface area contributed by atoms with E-state index in [4.69, 9.17) is 22.0 Å². The molecule has 0 unspecified atom stereocenters. The van der Waals surface area contributed by atoms with Crippen molar-refractivity contribution in [1.82, 2.24) is 0 Å². The van der Waals surface area contributed by atoms with Gasteiger partial charge in [0.05, 0.1) is 29.8 Å². The smallest absolute Gasteiger partial charge is 0.0682 e. The van der Waals surface area contributed by atoms with E-state index in [-0.39, 0.29) is 6.61 Å². The molecule has 0 bridgehead atoms. The normalized spacial score (nSPS) is 10.4. The summed E-state index contributed by atoms with van der Waals surface area (Å²) >= 11 is 6.23. The summed E-state index contributed by atoms with van der Waals surface area (Å²) in [7, 11) is 0. The van der Waals surface area contributed by atoms with Crippen LogP contribution in [0, 0.1) is 17.2 Å². The molecule has 0 amide bonds. The predicted molar refractivity (Wildman–Crippen MR) is 74.7 cm³/mol. The number of nitrogens with zero attached hydrogens (tertiary/aromatic N) is 2. The van der Waals surface area contributed by atoms with E-state index in [0.717, 1.165) is 17.8 Å². The number of hydrogen-bond donors (Lipinski definition) is 1. The monoisotopic (exact) mass is 266 g/mol. The Labute approximate surface area is 114 Å². The second-order valence-electron chi connectivity index (χ2n) is 4.69. The molecule has 0 spiro atoms. The molecule has 1 aromatic carbocycles. The van der Waals surface area contributed by atoms with Crippen LogP contribution in [0.15, 0.2) is 18.2 Å². The molecule has 0 fully saturated rings. The standard InChI is InChI=1S/C14H19ClN2O/c1-11(2)9-17(7-3-6-16)14-5-4-12(10-18)8-13(14)15/h4-5,8,11,18H,3,7,9-10H2,1-2H3. The van der Waals surface area contributed by atoms with Crippen LogP contribution in [-0.4, -0.2) is 18.2 Å². The quantitative estimate of drug-likeness (QED) is 0.860. The first-order chi connectivity index (χ1) is 8.58. The molecular weight excluding hydrogens is 248 g/mol. The first kappa shape index (κ1) is 14.8. The van der Waals surface area contributed by atoms with E-state index in [1.54, 1.807) is 6.07 Å². The van der Waals surface area contributed by atoms with Gasteiger partial charge in [-0.1, -0.05) is 31.5 Å². The molecule has 18 heavy (non-hydrogen) atoms. The molecule has 0 aromatic heterocycles. The van der Waals surface area contributed by atoms with Crippen molar-refractivity contribution < 1.29 is 5.11 Å². The largest absolute Gasteiger partial charge is 0.392 e. The van der Waals surface area contributed by atoms with Gasteiger partial charge in [-0.15, -0.1) is 0 Å². The van der Waals surface area contributed by atoms with Gasteiger partial charge in [-0.05, 0) is 23.6 Å². The number of benzene rings is 1. The Morgan fingerprint density at radius 3 is 2.67 bits per heavy atom. The van der Waals surface area contributed by atoms with Crippen molar-refractivity contribution in [2.75, 3.05) is 18.0 Å². The van der Waals surface area contributed by atoms with Crippen LogP contribution >= 0.6 is 11.6 Å². The lowest BCUT2D eigenvalue weighted by Gasteiger charge is -2.27. The molecule has 0 saturated heterocycles. The second kappa shape index (κ2) is 7.25. The minimum atomic E-state index is -0.0115. The van der Waals surface area contributed by atoms with Gasteiger partial charge in [0, 0.05) is 13.1 Å². The maximum absolute atomic E-state index is 9.06. The molecule has 0 saturated carbocycles. The number of halogens is 1. The molecule has 1 aromatic rings. The lowest BCUT2D eigenvalue weighted by Crippen LogP contribution is -2.28. The number of nitriles is 1. The molecular formula is C14H19ClN2O. The Bertz CT molecular complexity index is 426. The summed E-state index contributed by atoms with van der Waals surface area (Å²) in [5.74, 6) is 0.497. The molecule has 1 rings (SSSR count). The average molecular weight is 267 g/mol. The zero-order valence-electron chi connectivity index (χ0n) is 10.9. The Morgan fingerprint density at radius 1 is 1.44 bits per heavy atom. The van der Waals surface area contributed by atoms with E-state index in [9.17, 15) is 0 Å². The predicted octanol–water partition coefficient (Wildman–Crippen LogP) is 3.21. The summed E-state index contributed by atoms with van der Waals surface area (Å²) in [4.78, 5) is 2.12. The Kier molecular flexibility index (Phi) is 5.97. The molecule has 3 nitrogen and oxygen atoms in total. The van der Waals surface area contributed by atoms with Crippen LogP contribution < -0.4 is 4.90 Å². The highest BCUT2D eigenvalue weighted by Gasteiger charge is 2.12. The van der Waals surface area contributed by atoms with E-state index in [1.807, 2.05) is 12.1 Å². The molecule has 1 N–H and O–H groups in total. The summed E-state index contributed by atoms with van der Waals surface area (Å²) in [6, 6.07) is 7.71. The molecule has 0 aliphatic carbocycles. The van der Waals surface area contributed by atoms with Crippen LogP contribution in [0.1, 0.15) is 25.8 Å². The van der Waals surface area contributed by atoms with E-state index in [0.29, 0.717) is 23.9 Å². The van der Waals surface area contributed by atoms with Crippen LogP contribution in [0.3, 0.4) is 0 Å². The summed E-state index contributed by atoms with van der Waals surface area (Å²) in [6.07, 6.45) is 0.477. The van der Waals surface area contributed by atoms with Crippen molar-refractivity contribution in [3.05, 3.63) is 28.8 Å². The van der Waals surface area contributed by atoms with Crippen LogP contribution in [0.5, 0.6) is 0 Å². The number of hydrogen-bond acceptors (Lipinski definition) is 3. The van der Waals surface area contributed by atoms with Gasteiger partial charge in [0.15, 0.2) is 0 Å². The van der Waals surface area contributed by atoms with Crippen molar-refractivity contribution >= 4 is 17.3 Å². The number of aliphatic hydroxyl groups excluding tert-OH is 1. The van der Waals surface area contributed by atoms with E-state index < -0.39 is 0 Å². The van der Waals surface area contributed by atoms with Gasteiger partial charge < -0.3 is 10.0 Å². The molecule has 4 heteroatoms. The SMILES string of the molecule is CC(C)CN(CCC#N)c1ccc(CO)cc1Cl. The van der Waals surface area contributed by atoms with Crippen molar-refractivity contribution in [2.45, 2.75) is 26.9 Å². The number of rotatable bonds is 6. The maximum Gasteiger partial charge on any atom is 0.0682 e. The van der Waals surface area contributed by atoms with Crippen molar-refractivity contribution in [3.63, 3.8) is 0 Å². The second-order valence-corrected chi connectivity index (χ2v) is 5.10. The van der Waals surface area contributed by atoms with E-state index >= 15 is 0 Å². The van der Waals surface area contributed by atoms with Crippen LogP contribution in [0.2, 0.25) is 5.02 Å². The Morgan fingerprint density at radius 2 is 2.17 bits per heavy atom. The van der Waals surface area contributed by atoms with Crippen LogP contribution in [0.4, 0.5) is 5.69 Å². The lowest BCUT2D eigenvalue weighted by atomic mass is 10.1. The molecule has 98 valence electrons. The first-order valence-electron chi connectivity index (χ1n) is 6.09. The third-order valence-electron chi connectivity index (χ3n) is 2.61. The van der Waals surface area contributed by atoms with E-state index in [1.165, 1.54) is 0 Å². The fourth-order valence-electron chi connectivity index (χ4n) is 1.84. The van der Waals surface area contributed by atoms with E-state index in [2.05, 4.69) is 24.8 Å². The van der Waals surface area contributed by atoms with Crippen molar-refractivity contribution in [1.29, 1.82) is 5.26 Å². The minimum Gasteiger partial charge on any atom is -0.392 e. The Balaban J connectivity index is 2.93. The maximum atomic E-state index is 9.06. The highest BCUT2D eigenvalue weighted by molar-refractivity contribution is 6.33. The van der Waals surface area contributed by atoms with Crippen LogP contribution in [-0.2, 0) is 6.61 Å². The molecule has 0 aliphatic heterocycles. The topological polar surface area (TPSA) is 47.3 Å². The zero-order chi connectivity index (χ0) is 13.5. The van der Waals surface area contributed by atoms with Gasteiger partial charge in [-0.2, -0.15) is 5.26 Å². The van der Waals surface area contributed by atoms with Gasteiger partial charge in [-0.3, -0.25) is 0 Å². The fraction of sp³-hybridized carbons (Fsp3) is 0.500. The highest BCUT2D eigenvalue weighted by Crippen LogP contribution is 2.27. The summed E-state index contributed by atoms with van der Waals surface area (Å²) in [6.45, 7) is 5.79. The lowest BCUT2D eigenvalue weighted by molar-refractivity contribution is 0.282. The zero-order valence-corrected chi connectivity index (χ0v) is 11.6. The van der Waals surface area contributed by atoms with Crippen molar-refractivity contribution in [3.8, 4) is 6.07 Å².